The molecule has 0 spiro atoms. The molecule has 5 N–H and O–H groups in total. The summed E-state index contributed by atoms with van der Waals surface area (Å²) >= 11 is 0.489. The Morgan fingerprint density at radius 2 is 1.64 bits per heavy atom. The van der Waals surface area contributed by atoms with Crippen LogP contribution in [0, 0.1) is 0 Å². The van der Waals surface area contributed by atoms with Gasteiger partial charge < -0.3 is 0 Å². The number of aliphatic carboxylic acids is 1. The molecule has 0 heterocycles. The normalized spacial score (nSPS) is 14.8. The molecule has 14 heavy (non-hydrogen) atoms. The molecule has 82 valence electrons. The Hall–Kier alpha value is 0.0990. The number of carbonyl (C=O) groups is 2. The predicted molar refractivity (Wildman–Crippen MR) is 55.4 cm³/mol. The molecule has 0 rings (SSSR count). The average Bonchev–Trinajstić information content (AvgIpc) is 2.11. The number of hydrogen-bond donors (Lipinski definition) is 3. The minimum atomic E-state index is -0.960. The summed E-state index contributed by atoms with van der Waals surface area (Å²) in [5.41, 5.74) is 10.8. The number of rotatable bonds is 7. The van der Waals surface area contributed by atoms with E-state index >= 15 is 0 Å². The van der Waals surface area contributed by atoms with E-state index < -0.39 is 12.0 Å². The molecular formula is C7H14N2O3Se2. The Morgan fingerprint density at radius 3 is 2.00 bits per heavy atom. The van der Waals surface area contributed by atoms with Crippen molar-refractivity contribution in [3.8, 4) is 0 Å². The molecule has 0 saturated heterocycles. The molecule has 0 aromatic rings. The first-order valence-electron chi connectivity index (χ1n) is 3.94. The van der Waals surface area contributed by atoms with Gasteiger partial charge >= 0.3 is 93.8 Å². The molecule has 0 saturated carbocycles. The quantitative estimate of drug-likeness (QED) is 0.388. The van der Waals surface area contributed by atoms with E-state index in [1.54, 1.807) is 0 Å². The first-order chi connectivity index (χ1) is 6.45. The van der Waals surface area contributed by atoms with E-state index in [9.17, 15) is 9.59 Å². The van der Waals surface area contributed by atoms with Crippen molar-refractivity contribution >= 4 is 38.0 Å². The molecule has 2 unspecified atom stereocenters. The molecule has 5 nitrogen and oxygen atoms in total. The Bertz CT molecular complexity index is 191. The summed E-state index contributed by atoms with van der Waals surface area (Å²) in [7, 11) is 0. The number of carboxylic acid groups (broad SMARTS) is 1. The zero-order valence-corrected chi connectivity index (χ0v) is 11.2. The van der Waals surface area contributed by atoms with E-state index in [0.29, 0.717) is 10.6 Å². The topological polar surface area (TPSA) is 106 Å². The summed E-state index contributed by atoms with van der Waals surface area (Å²) in [5, 5.41) is 9.70. The van der Waals surface area contributed by atoms with Gasteiger partial charge in [-0.15, -0.1) is 0 Å². The Labute approximate surface area is 93.8 Å². The molecule has 0 amide bonds. The van der Waals surface area contributed by atoms with Crippen LogP contribution in [0.25, 0.3) is 0 Å². The molecule has 0 aliphatic rings. The predicted octanol–water partition coefficient (Wildman–Crippen LogP) is -1.53. The van der Waals surface area contributed by atoms with Gasteiger partial charge in [0.2, 0.25) is 0 Å². The van der Waals surface area contributed by atoms with E-state index in [4.69, 9.17) is 16.6 Å². The first kappa shape index (κ1) is 14.1. The van der Waals surface area contributed by atoms with E-state index in [2.05, 4.69) is 0 Å². The van der Waals surface area contributed by atoms with Crippen molar-refractivity contribution in [3.63, 3.8) is 0 Å². The number of Topliss-reactive ketones (excluding diaryl/α,β-unsaturated/α-hetero) is 1. The zero-order chi connectivity index (χ0) is 11.1. The summed E-state index contributed by atoms with van der Waals surface area (Å²) in [6.45, 7) is 1.47. The van der Waals surface area contributed by atoms with E-state index in [-0.39, 0.29) is 38.1 Å². The van der Waals surface area contributed by atoms with Gasteiger partial charge in [-0.1, -0.05) is 0 Å². The van der Waals surface area contributed by atoms with Crippen molar-refractivity contribution in [2.45, 2.75) is 29.6 Å². The summed E-state index contributed by atoms with van der Waals surface area (Å²) < 4.78 is 0. The summed E-state index contributed by atoms with van der Waals surface area (Å²) in [6, 6.07) is -1.14. The first-order valence-corrected chi connectivity index (χ1v) is 10.7. The van der Waals surface area contributed by atoms with Crippen molar-refractivity contribution in [1.29, 1.82) is 0 Å². The number of carboxylic acids is 1. The second-order valence-corrected chi connectivity index (χ2v) is 10.3. The van der Waals surface area contributed by atoms with Crippen LogP contribution in [0.2, 0.25) is 10.6 Å². The third-order valence-electron chi connectivity index (χ3n) is 1.42. The standard InChI is InChI=1S/C7H14N2O3Se2/c1-4(10)5(8)2-13-14-3-6(9)7(11)12/h5-6H,2-3,8-9H2,1H3,(H,11,12). The number of ketones is 1. The fraction of sp³-hybridized carbons (Fsp3) is 0.714. The maximum atomic E-state index is 10.8. The van der Waals surface area contributed by atoms with Crippen LogP contribution in [-0.2, 0) is 9.59 Å². The molecule has 0 aromatic carbocycles. The van der Waals surface area contributed by atoms with E-state index in [0.717, 1.165) is 0 Å². The number of hydrogen-bond acceptors (Lipinski definition) is 4. The van der Waals surface area contributed by atoms with Gasteiger partial charge in [0.1, 0.15) is 0 Å². The van der Waals surface area contributed by atoms with Crippen LogP contribution in [-0.4, -0.2) is 55.2 Å². The fourth-order valence-electron chi connectivity index (χ4n) is 0.431. The SMILES string of the molecule is CC(=O)C(N)C[Se][Se]CC(N)C(=O)O. The molecule has 0 radical (unpaired) electrons. The van der Waals surface area contributed by atoms with E-state index in [1.165, 1.54) is 6.92 Å². The van der Waals surface area contributed by atoms with Crippen molar-refractivity contribution in [3.05, 3.63) is 0 Å². The minimum absolute atomic E-state index is 0.00907. The van der Waals surface area contributed by atoms with Crippen molar-refractivity contribution in [1.82, 2.24) is 0 Å². The summed E-state index contributed by atoms with van der Waals surface area (Å²) in [6.07, 6.45) is 0. The van der Waals surface area contributed by atoms with Crippen molar-refractivity contribution in [2.24, 2.45) is 11.5 Å². The zero-order valence-electron chi connectivity index (χ0n) is 7.80. The maximum absolute atomic E-state index is 10.8. The van der Waals surface area contributed by atoms with Crippen molar-refractivity contribution < 1.29 is 14.7 Å². The molecule has 0 fully saturated rings. The van der Waals surface area contributed by atoms with Gasteiger partial charge in [0.15, 0.2) is 0 Å². The van der Waals surface area contributed by atoms with Crippen LogP contribution < -0.4 is 11.5 Å². The van der Waals surface area contributed by atoms with Crippen LogP contribution in [0.1, 0.15) is 6.92 Å². The van der Waals surface area contributed by atoms with E-state index in [1.807, 2.05) is 0 Å². The molecule has 7 heteroatoms. The molecule has 0 aliphatic heterocycles. The monoisotopic (exact) mass is 334 g/mol. The Kier molecular flexibility index (Phi) is 7.45. The number of nitrogens with two attached hydrogens (primary N) is 2. The van der Waals surface area contributed by atoms with Crippen LogP contribution in [0.3, 0.4) is 0 Å². The van der Waals surface area contributed by atoms with Crippen LogP contribution in [0.4, 0.5) is 0 Å². The van der Waals surface area contributed by atoms with Gasteiger partial charge in [-0.25, -0.2) is 0 Å². The van der Waals surface area contributed by atoms with Crippen LogP contribution in [0.15, 0.2) is 0 Å². The van der Waals surface area contributed by atoms with Crippen molar-refractivity contribution in [2.75, 3.05) is 0 Å². The fourth-order valence-corrected chi connectivity index (χ4v) is 7.54. The Morgan fingerprint density at radius 1 is 1.21 bits per heavy atom. The van der Waals surface area contributed by atoms with Gasteiger partial charge in [-0.05, 0) is 0 Å². The third kappa shape index (κ3) is 6.54. The molecule has 2 atom stereocenters. The molecular weight excluding hydrogens is 318 g/mol. The second-order valence-electron chi connectivity index (χ2n) is 2.73. The van der Waals surface area contributed by atoms with Crippen LogP contribution in [0.5, 0.6) is 0 Å². The average molecular weight is 332 g/mol. The summed E-state index contributed by atoms with van der Waals surface area (Å²) in [5.74, 6) is -0.969. The van der Waals surface area contributed by atoms with Crippen LogP contribution >= 0.6 is 0 Å². The molecule has 0 aliphatic carbocycles. The van der Waals surface area contributed by atoms with Gasteiger partial charge in [-0.3, -0.25) is 0 Å². The number of carbonyl (C=O) groups excluding carboxylic acids is 1. The third-order valence-corrected chi connectivity index (χ3v) is 8.63. The van der Waals surface area contributed by atoms with Gasteiger partial charge in [0.05, 0.1) is 0 Å². The molecule has 0 aromatic heterocycles. The second kappa shape index (κ2) is 7.40. The Balaban J connectivity index is 3.47. The molecule has 0 bridgehead atoms. The van der Waals surface area contributed by atoms with Gasteiger partial charge in [0, 0.05) is 0 Å². The van der Waals surface area contributed by atoms with Gasteiger partial charge in [0.25, 0.3) is 0 Å². The van der Waals surface area contributed by atoms with Gasteiger partial charge in [-0.2, -0.15) is 0 Å². The summed E-state index contributed by atoms with van der Waals surface area (Å²) in [4.78, 5) is 21.1.